The molecule has 4 nitrogen and oxygen atoms in total. The molecule has 0 spiro atoms. The van der Waals surface area contributed by atoms with E-state index in [9.17, 15) is 18.0 Å². The largest absolute Gasteiger partial charge is 0.416 e. The highest BCUT2D eigenvalue weighted by Gasteiger charge is 2.42. The van der Waals surface area contributed by atoms with Crippen LogP contribution in [0.25, 0.3) is 0 Å². The van der Waals surface area contributed by atoms with Crippen LogP contribution in [0.5, 0.6) is 0 Å². The zero-order valence-corrected chi connectivity index (χ0v) is 19.2. The summed E-state index contributed by atoms with van der Waals surface area (Å²) in [7, 11) is 0. The summed E-state index contributed by atoms with van der Waals surface area (Å²) in [5.74, 6) is 0.0289. The van der Waals surface area contributed by atoms with Crippen molar-refractivity contribution in [1.29, 1.82) is 0 Å². The number of nitrogens with zero attached hydrogens (tertiary/aromatic N) is 2. The number of nitrogens with one attached hydrogen (secondary N) is 1. The maximum atomic E-state index is 13.3. The summed E-state index contributed by atoms with van der Waals surface area (Å²) in [4.78, 5) is 17.7. The minimum atomic E-state index is -4.39. The molecular formula is C26H32F3N3O. The van der Waals surface area contributed by atoms with E-state index in [-0.39, 0.29) is 17.9 Å². The molecule has 0 aliphatic carbocycles. The van der Waals surface area contributed by atoms with Gasteiger partial charge in [-0.25, -0.2) is 0 Å². The van der Waals surface area contributed by atoms with Gasteiger partial charge in [0.1, 0.15) is 0 Å². The van der Waals surface area contributed by atoms with Crippen molar-refractivity contribution in [2.24, 2.45) is 11.8 Å². The lowest BCUT2D eigenvalue weighted by molar-refractivity contribution is -0.137. The number of amides is 1. The quantitative estimate of drug-likeness (QED) is 0.678. The van der Waals surface area contributed by atoms with E-state index in [0.717, 1.165) is 31.3 Å². The van der Waals surface area contributed by atoms with Crippen molar-refractivity contribution in [3.63, 3.8) is 0 Å². The fourth-order valence-corrected chi connectivity index (χ4v) is 4.96. The van der Waals surface area contributed by atoms with Crippen LogP contribution in [-0.4, -0.2) is 43.0 Å². The number of hydrogen-bond donors (Lipinski definition) is 1. The fourth-order valence-electron chi connectivity index (χ4n) is 4.96. The molecule has 0 aromatic heterocycles. The van der Waals surface area contributed by atoms with Crippen molar-refractivity contribution in [3.8, 4) is 0 Å². The molecule has 2 aromatic carbocycles. The van der Waals surface area contributed by atoms with Crippen LogP contribution < -0.4 is 10.2 Å². The van der Waals surface area contributed by atoms with Crippen molar-refractivity contribution in [3.05, 3.63) is 65.2 Å². The Hall–Kier alpha value is -2.54. The fraction of sp³-hybridized carbons (Fsp3) is 0.500. The van der Waals surface area contributed by atoms with E-state index in [1.165, 1.54) is 11.6 Å². The van der Waals surface area contributed by atoms with Gasteiger partial charge in [0, 0.05) is 38.4 Å². The second-order valence-corrected chi connectivity index (χ2v) is 9.61. The Bertz CT molecular complexity index is 961. The number of benzene rings is 2. The molecule has 2 aliphatic heterocycles. The van der Waals surface area contributed by atoms with Crippen LogP contribution in [0, 0.1) is 11.8 Å². The van der Waals surface area contributed by atoms with Crippen LogP contribution in [-0.2, 0) is 23.9 Å². The first kappa shape index (κ1) is 23.6. The second kappa shape index (κ2) is 9.75. The average molecular weight is 460 g/mol. The highest BCUT2D eigenvalue weighted by atomic mass is 19.4. The number of carbonyl (C=O) groups is 1. The first-order valence-electron chi connectivity index (χ1n) is 11.7. The summed E-state index contributed by atoms with van der Waals surface area (Å²) in [6.45, 7) is 7.78. The molecule has 0 radical (unpaired) electrons. The third kappa shape index (κ3) is 5.52. The Morgan fingerprint density at radius 1 is 1.12 bits per heavy atom. The predicted octanol–water partition coefficient (Wildman–Crippen LogP) is 4.73. The molecular weight excluding hydrogens is 427 g/mol. The summed E-state index contributed by atoms with van der Waals surface area (Å²) in [5.41, 5.74) is 2.01. The van der Waals surface area contributed by atoms with Gasteiger partial charge in [0.15, 0.2) is 0 Å². The lowest BCUT2D eigenvalue weighted by atomic mass is 9.82. The van der Waals surface area contributed by atoms with E-state index < -0.39 is 11.7 Å². The maximum absolute atomic E-state index is 13.3. The number of carbonyl (C=O) groups excluding carboxylic acids is 1. The van der Waals surface area contributed by atoms with E-state index in [1.54, 1.807) is 6.07 Å². The van der Waals surface area contributed by atoms with Gasteiger partial charge in [0.05, 0.1) is 17.5 Å². The molecule has 4 rings (SSSR count). The molecule has 2 aromatic rings. The number of anilines is 1. The van der Waals surface area contributed by atoms with Crippen LogP contribution in [0.4, 0.5) is 18.9 Å². The summed E-state index contributed by atoms with van der Waals surface area (Å²) in [5, 5.41) is 3.05. The van der Waals surface area contributed by atoms with E-state index in [4.69, 9.17) is 0 Å². The standard InChI is InChI=1S/C26H32F3N3O/c1-18(2)10-11-30-25(33)22-15-20-14-21(26(27,28)29)8-9-23(20)32-13-12-31(17-24(22)32)16-19-6-4-3-5-7-19/h3-9,14,18,22,24H,10-13,15-17H2,1-2H3,(H,30,33)/t22-,24-/m0/s1. The van der Waals surface area contributed by atoms with E-state index in [2.05, 4.69) is 41.1 Å². The number of rotatable bonds is 6. The van der Waals surface area contributed by atoms with Gasteiger partial charge in [0.25, 0.3) is 0 Å². The Morgan fingerprint density at radius 3 is 2.58 bits per heavy atom. The van der Waals surface area contributed by atoms with Gasteiger partial charge in [-0.2, -0.15) is 13.2 Å². The highest BCUT2D eigenvalue weighted by molar-refractivity contribution is 5.82. The van der Waals surface area contributed by atoms with Crippen molar-refractivity contribution in [2.45, 2.75) is 45.5 Å². The highest BCUT2D eigenvalue weighted by Crippen LogP contribution is 2.39. The van der Waals surface area contributed by atoms with Gasteiger partial charge in [0.2, 0.25) is 5.91 Å². The predicted molar refractivity (Wildman–Crippen MR) is 124 cm³/mol. The van der Waals surface area contributed by atoms with E-state index >= 15 is 0 Å². The molecule has 0 saturated carbocycles. The normalized spacial score (nSPS) is 21.0. The van der Waals surface area contributed by atoms with E-state index in [1.807, 2.05) is 18.2 Å². The molecule has 0 bridgehead atoms. The number of alkyl halides is 3. The van der Waals surface area contributed by atoms with Gasteiger partial charge >= 0.3 is 6.18 Å². The van der Waals surface area contributed by atoms with Crippen molar-refractivity contribution >= 4 is 11.6 Å². The summed E-state index contributed by atoms with van der Waals surface area (Å²) in [6, 6.07) is 14.1. The molecule has 1 saturated heterocycles. The minimum Gasteiger partial charge on any atom is -0.365 e. The van der Waals surface area contributed by atoms with Crippen molar-refractivity contribution in [1.82, 2.24) is 10.2 Å². The average Bonchev–Trinajstić information content (AvgIpc) is 2.77. The molecule has 7 heteroatoms. The number of piperazine rings is 1. The van der Waals surface area contributed by atoms with Crippen molar-refractivity contribution in [2.75, 3.05) is 31.1 Å². The zero-order valence-electron chi connectivity index (χ0n) is 19.2. The van der Waals surface area contributed by atoms with Gasteiger partial charge in [-0.1, -0.05) is 44.2 Å². The van der Waals surface area contributed by atoms with Crippen LogP contribution in [0.15, 0.2) is 48.5 Å². The lowest BCUT2D eigenvalue weighted by Gasteiger charge is -2.49. The zero-order chi connectivity index (χ0) is 23.6. The lowest BCUT2D eigenvalue weighted by Crippen LogP contribution is -2.61. The summed E-state index contributed by atoms with van der Waals surface area (Å²) < 4.78 is 40.0. The summed E-state index contributed by atoms with van der Waals surface area (Å²) in [6.07, 6.45) is -3.19. The maximum Gasteiger partial charge on any atom is 0.416 e. The summed E-state index contributed by atoms with van der Waals surface area (Å²) >= 11 is 0. The van der Waals surface area contributed by atoms with Crippen LogP contribution >= 0.6 is 0 Å². The third-order valence-electron chi connectivity index (χ3n) is 6.73. The van der Waals surface area contributed by atoms with Gasteiger partial charge in [-0.15, -0.1) is 0 Å². The molecule has 2 heterocycles. The van der Waals surface area contributed by atoms with Gasteiger partial charge in [-0.3, -0.25) is 9.69 Å². The third-order valence-corrected chi connectivity index (χ3v) is 6.73. The Balaban J connectivity index is 1.58. The Morgan fingerprint density at radius 2 is 1.88 bits per heavy atom. The molecule has 178 valence electrons. The topological polar surface area (TPSA) is 35.6 Å². The SMILES string of the molecule is CC(C)CCNC(=O)[C@H]1Cc2cc(C(F)(F)F)ccc2N2CCN(Cc3ccccc3)C[C@@H]12. The smallest absolute Gasteiger partial charge is 0.365 e. The molecule has 1 fully saturated rings. The van der Waals surface area contributed by atoms with Gasteiger partial charge in [-0.05, 0) is 48.1 Å². The molecule has 1 N–H and O–H groups in total. The first-order valence-corrected chi connectivity index (χ1v) is 11.7. The Kier molecular flexibility index (Phi) is 6.98. The van der Waals surface area contributed by atoms with Crippen LogP contribution in [0.2, 0.25) is 0 Å². The van der Waals surface area contributed by atoms with E-state index in [0.29, 0.717) is 37.5 Å². The number of fused-ring (bicyclic) bond motifs is 3. The second-order valence-electron chi connectivity index (χ2n) is 9.61. The van der Waals surface area contributed by atoms with Crippen LogP contribution in [0.3, 0.4) is 0 Å². The first-order chi connectivity index (χ1) is 15.7. The molecule has 2 atom stereocenters. The molecule has 33 heavy (non-hydrogen) atoms. The van der Waals surface area contributed by atoms with Gasteiger partial charge < -0.3 is 10.2 Å². The minimum absolute atomic E-state index is 0.0599. The van der Waals surface area contributed by atoms with Crippen LogP contribution in [0.1, 0.15) is 37.0 Å². The molecule has 1 amide bonds. The molecule has 0 unspecified atom stereocenters. The van der Waals surface area contributed by atoms with Crippen molar-refractivity contribution < 1.29 is 18.0 Å². The monoisotopic (exact) mass is 459 g/mol. The number of halogens is 3. The Labute approximate surface area is 193 Å². The number of hydrogen-bond acceptors (Lipinski definition) is 3. The molecule has 2 aliphatic rings.